The van der Waals surface area contributed by atoms with Gasteiger partial charge in [0.15, 0.2) is 0 Å². The quantitative estimate of drug-likeness (QED) is 0.805. The van der Waals surface area contributed by atoms with Crippen LogP contribution in [0, 0.1) is 0 Å². The molecule has 0 unspecified atom stereocenters. The summed E-state index contributed by atoms with van der Waals surface area (Å²) >= 11 is 1.66. The van der Waals surface area contributed by atoms with Crippen molar-refractivity contribution in [1.29, 1.82) is 0 Å². The summed E-state index contributed by atoms with van der Waals surface area (Å²) in [6, 6.07) is 10.3. The smallest absolute Gasteiger partial charge is 0.265 e. The monoisotopic (exact) mass is 313 g/mol. The highest BCUT2D eigenvalue weighted by Gasteiger charge is 2.17. The van der Waals surface area contributed by atoms with Crippen LogP contribution in [0.15, 0.2) is 30.3 Å². The van der Waals surface area contributed by atoms with Gasteiger partial charge in [0.2, 0.25) is 0 Å². The van der Waals surface area contributed by atoms with Gasteiger partial charge in [0, 0.05) is 10.6 Å². The molecule has 2 aromatic rings. The Balaban J connectivity index is 1.70. The molecule has 0 saturated heterocycles. The third kappa shape index (κ3) is 3.25. The molecule has 3 heteroatoms. The average Bonchev–Trinajstić information content (AvgIpc) is 2.99. The molecule has 116 valence electrons. The maximum atomic E-state index is 12.4. The number of amides is 1. The number of benzene rings is 1. The minimum Gasteiger partial charge on any atom is -0.321 e. The molecule has 22 heavy (non-hydrogen) atoms. The fourth-order valence-corrected chi connectivity index (χ4v) is 4.07. The lowest BCUT2D eigenvalue weighted by Gasteiger charge is -2.10. The van der Waals surface area contributed by atoms with Crippen LogP contribution in [-0.4, -0.2) is 5.91 Å². The van der Waals surface area contributed by atoms with Gasteiger partial charge in [-0.25, -0.2) is 0 Å². The van der Waals surface area contributed by atoms with Crippen molar-refractivity contribution >= 4 is 22.9 Å². The molecular weight excluding hydrogens is 290 g/mol. The van der Waals surface area contributed by atoms with Crippen LogP contribution in [0.4, 0.5) is 5.69 Å². The van der Waals surface area contributed by atoms with Crippen molar-refractivity contribution in [1.82, 2.24) is 0 Å². The Morgan fingerprint density at radius 3 is 2.64 bits per heavy atom. The summed E-state index contributed by atoms with van der Waals surface area (Å²) < 4.78 is 0. The predicted molar refractivity (Wildman–Crippen MR) is 94.1 cm³/mol. The van der Waals surface area contributed by atoms with Crippen LogP contribution < -0.4 is 5.32 Å². The third-order valence-corrected chi connectivity index (χ3v) is 5.81. The van der Waals surface area contributed by atoms with Crippen LogP contribution in [0.3, 0.4) is 0 Å². The second-order valence-electron chi connectivity index (χ2n) is 6.15. The van der Waals surface area contributed by atoms with E-state index in [1.807, 2.05) is 12.1 Å². The molecule has 1 aromatic heterocycles. The van der Waals surface area contributed by atoms with E-state index in [0.29, 0.717) is 5.92 Å². The first-order chi connectivity index (χ1) is 10.7. The molecule has 1 aromatic carbocycles. The Bertz CT molecular complexity index is 633. The summed E-state index contributed by atoms with van der Waals surface area (Å²) in [5.74, 6) is 0.587. The van der Waals surface area contributed by atoms with Crippen molar-refractivity contribution in [2.75, 3.05) is 5.32 Å². The van der Waals surface area contributed by atoms with E-state index in [4.69, 9.17) is 0 Å². The minimum atomic E-state index is 0.0238. The van der Waals surface area contributed by atoms with Gasteiger partial charge < -0.3 is 5.32 Å². The normalized spacial score (nSPS) is 15.2. The molecule has 0 fully saturated rings. The van der Waals surface area contributed by atoms with Gasteiger partial charge in [-0.1, -0.05) is 26.0 Å². The van der Waals surface area contributed by atoms with E-state index in [1.165, 1.54) is 28.8 Å². The van der Waals surface area contributed by atoms with E-state index in [1.54, 1.807) is 11.3 Å². The number of anilines is 1. The molecule has 1 aliphatic rings. The Hall–Kier alpha value is -1.61. The first kappa shape index (κ1) is 15.3. The summed E-state index contributed by atoms with van der Waals surface area (Å²) in [6.45, 7) is 4.42. The highest BCUT2D eigenvalue weighted by atomic mass is 32.1. The standard InChI is InChI=1S/C19H23NOS/c1-3-13(2)14-8-10-16(11-9-14)20-19(21)18-12-15-6-4-5-7-17(15)22-18/h8-13H,3-7H2,1-2H3,(H,20,21)/t13-/m1/s1. The number of aryl methyl sites for hydroxylation is 2. The van der Waals surface area contributed by atoms with Crippen LogP contribution in [0.5, 0.6) is 0 Å². The molecule has 0 bridgehead atoms. The molecule has 0 saturated carbocycles. The number of rotatable bonds is 4. The van der Waals surface area contributed by atoms with Gasteiger partial charge in [-0.3, -0.25) is 4.79 Å². The van der Waals surface area contributed by atoms with Gasteiger partial charge in [-0.05, 0) is 67.3 Å². The summed E-state index contributed by atoms with van der Waals surface area (Å²) in [7, 11) is 0. The van der Waals surface area contributed by atoms with E-state index in [2.05, 4.69) is 37.4 Å². The molecule has 2 nitrogen and oxygen atoms in total. The molecule has 1 heterocycles. The number of hydrogen-bond acceptors (Lipinski definition) is 2. The molecule has 0 radical (unpaired) electrons. The Morgan fingerprint density at radius 1 is 1.23 bits per heavy atom. The molecule has 1 aliphatic carbocycles. The second-order valence-corrected chi connectivity index (χ2v) is 7.29. The van der Waals surface area contributed by atoms with Crippen molar-refractivity contribution < 1.29 is 4.79 Å². The Morgan fingerprint density at radius 2 is 1.95 bits per heavy atom. The van der Waals surface area contributed by atoms with Gasteiger partial charge in [0.1, 0.15) is 0 Å². The van der Waals surface area contributed by atoms with Gasteiger partial charge in [-0.15, -0.1) is 11.3 Å². The van der Waals surface area contributed by atoms with Crippen LogP contribution in [0.2, 0.25) is 0 Å². The minimum absolute atomic E-state index is 0.0238. The number of thiophene rings is 1. The molecule has 1 amide bonds. The predicted octanol–water partition coefficient (Wildman–Crippen LogP) is 5.39. The highest BCUT2D eigenvalue weighted by Crippen LogP contribution is 2.30. The van der Waals surface area contributed by atoms with Crippen LogP contribution in [0.1, 0.15) is 64.7 Å². The number of fused-ring (bicyclic) bond motifs is 1. The highest BCUT2D eigenvalue weighted by molar-refractivity contribution is 7.14. The lowest BCUT2D eigenvalue weighted by molar-refractivity contribution is 0.103. The summed E-state index contributed by atoms with van der Waals surface area (Å²) in [4.78, 5) is 14.7. The fraction of sp³-hybridized carbons (Fsp3) is 0.421. The van der Waals surface area contributed by atoms with Crippen molar-refractivity contribution in [3.8, 4) is 0 Å². The molecular formula is C19H23NOS. The van der Waals surface area contributed by atoms with Crippen LogP contribution >= 0.6 is 11.3 Å². The van der Waals surface area contributed by atoms with Crippen LogP contribution in [-0.2, 0) is 12.8 Å². The van der Waals surface area contributed by atoms with Gasteiger partial charge in [0.25, 0.3) is 5.91 Å². The van der Waals surface area contributed by atoms with Crippen molar-refractivity contribution in [3.63, 3.8) is 0 Å². The fourth-order valence-electron chi connectivity index (χ4n) is 2.93. The van der Waals surface area contributed by atoms with Crippen molar-refractivity contribution in [2.24, 2.45) is 0 Å². The van der Waals surface area contributed by atoms with Crippen molar-refractivity contribution in [2.45, 2.75) is 51.9 Å². The van der Waals surface area contributed by atoms with E-state index in [0.717, 1.165) is 29.8 Å². The Labute approximate surface area is 136 Å². The molecule has 0 spiro atoms. The lowest BCUT2D eigenvalue weighted by atomic mass is 9.98. The maximum Gasteiger partial charge on any atom is 0.265 e. The summed E-state index contributed by atoms with van der Waals surface area (Å²) in [6.07, 6.45) is 5.90. The van der Waals surface area contributed by atoms with E-state index >= 15 is 0 Å². The van der Waals surface area contributed by atoms with Gasteiger partial charge in [-0.2, -0.15) is 0 Å². The number of hydrogen-bond donors (Lipinski definition) is 1. The van der Waals surface area contributed by atoms with E-state index in [-0.39, 0.29) is 5.91 Å². The van der Waals surface area contributed by atoms with Crippen molar-refractivity contribution in [3.05, 3.63) is 51.2 Å². The third-order valence-electron chi connectivity index (χ3n) is 4.57. The molecule has 3 rings (SSSR count). The maximum absolute atomic E-state index is 12.4. The zero-order chi connectivity index (χ0) is 15.5. The van der Waals surface area contributed by atoms with Gasteiger partial charge in [0.05, 0.1) is 4.88 Å². The lowest BCUT2D eigenvalue weighted by Crippen LogP contribution is -2.10. The summed E-state index contributed by atoms with van der Waals surface area (Å²) in [5, 5.41) is 3.02. The zero-order valence-corrected chi connectivity index (χ0v) is 14.1. The van der Waals surface area contributed by atoms with E-state index < -0.39 is 0 Å². The SMILES string of the molecule is CC[C@@H](C)c1ccc(NC(=O)c2cc3c(s2)CCCC3)cc1. The van der Waals surface area contributed by atoms with Gasteiger partial charge >= 0.3 is 0 Å². The second kappa shape index (κ2) is 6.66. The number of carbonyl (C=O) groups excluding carboxylic acids is 1. The molecule has 0 aliphatic heterocycles. The van der Waals surface area contributed by atoms with E-state index in [9.17, 15) is 4.79 Å². The first-order valence-electron chi connectivity index (χ1n) is 8.20. The average molecular weight is 313 g/mol. The van der Waals surface area contributed by atoms with Crippen LogP contribution in [0.25, 0.3) is 0 Å². The first-order valence-corrected chi connectivity index (χ1v) is 9.02. The topological polar surface area (TPSA) is 29.1 Å². The number of carbonyl (C=O) groups is 1. The zero-order valence-electron chi connectivity index (χ0n) is 13.3. The number of nitrogens with one attached hydrogen (secondary N) is 1. The molecule has 1 atom stereocenters. The Kier molecular flexibility index (Phi) is 4.63. The molecule has 1 N–H and O–H groups in total. The largest absolute Gasteiger partial charge is 0.321 e. The summed E-state index contributed by atoms with van der Waals surface area (Å²) in [5.41, 5.74) is 3.59.